The van der Waals surface area contributed by atoms with Crippen LogP contribution in [0.15, 0.2) is 83.9 Å². The van der Waals surface area contributed by atoms with Crippen LogP contribution in [0.1, 0.15) is 36.0 Å². The lowest BCUT2D eigenvalue weighted by molar-refractivity contribution is 0.890. The Morgan fingerprint density at radius 1 is 0.966 bits per heavy atom. The zero-order valence-corrected chi connectivity index (χ0v) is 19.2. The van der Waals surface area contributed by atoms with Gasteiger partial charge in [-0.15, -0.1) is 0 Å². The summed E-state index contributed by atoms with van der Waals surface area (Å²) in [4.78, 5) is 5.03. The lowest BCUT2D eigenvalue weighted by Crippen LogP contribution is -2.05. The Labute approximate surface area is 186 Å². The first-order chi connectivity index (χ1) is 14.2. The Kier molecular flexibility index (Phi) is 6.73. The molecule has 3 aromatic rings. The van der Waals surface area contributed by atoms with E-state index in [0.717, 1.165) is 40.2 Å². The van der Waals surface area contributed by atoms with Gasteiger partial charge in [-0.3, -0.25) is 0 Å². The number of benzene rings is 3. The molecular weight excluding hydrogens is 488 g/mol. The number of rotatable bonds is 8. The highest BCUT2D eigenvalue weighted by molar-refractivity contribution is 14.2. The van der Waals surface area contributed by atoms with Crippen molar-refractivity contribution in [3.05, 3.63) is 95.6 Å². The van der Waals surface area contributed by atoms with Gasteiger partial charge in [-0.25, -0.2) is 4.99 Å². The minimum Gasteiger partial charge on any atom is -0.358 e. The fourth-order valence-corrected chi connectivity index (χ4v) is 4.54. The van der Waals surface area contributed by atoms with Crippen molar-refractivity contribution in [1.82, 2.24) is 0 Å². The van der Waals surface area contributed by atoms with Gasteiger partial charge in [0.25, 0.3) is 0 Å². The average molecular weight is 511 g/mol. The molecular formula is C24H23IN3P. The van der Waals surface area contributed by atoms with Gasteiger partial charge in [0.15, 0.2) is 0 Å². The standard InChI is InChI=1S/C24H23IN3P/c25-29-28-23-14-13-20(16-21(23)22(26)15-17-11-12-17)27-24(18-7-3-1-4-8-18)19-9-5-2-6-10-19/h1-10,13-14,16-17,26,28-29H,11-12,15H2. The average Bonchev–Trinajstić information content (AvgIpc) is 3.58. The lowest BCUT2D eigenvalue weighted by Gasteiger charge is -2.13. The Hall–Kier alpha value is -2.04. The normalized spacial score (nSPS) is 13.4. The molecule has 3 nitrogen and oxygen atoms in total. The van der Waals surface area contributed by atoms with E-state index < -0.39 is 0 Å². The van der Waals surface area contributed by atoms with Crippen LogP contribution in [0.5, 0.6) is 0 Å². The third-order valence-electron chi connectivity index (χ3n) is 5.04. The van der Waals surface area contributed by atoms with Crippen LogP contribution < -0.4 is 5.09 Å². The first kappa shape index (κ1) is 20.2. The summed E-state index contributed by atoms with van der Waals surface area (Å²) in [6.07, 6.45) is 3.94. The minimum atomic E-state index is 0.571. The summed E-state index contributed by atoms with van der Waals surface area (Å²) in [5, 5.41) is 12.1. The Morgan fingerprint density at radius 2 is 1.59 bits per heavy atom. The Bertz CT molecular complexity index is 973. The zero-order chi connectivity index (χ0) is 20.1. The van der Waals surface area contributed by atoms with Gasteiger partial charge in [-0.1, -0.05) is 60.7 Å². The third kappa shape index (κ3) is 5.31. The second kappa shape index (κ2) is 9.64. The van der Waals surface area contributed by atoms with Crippen LogP contribution in [0.2, 0.25) is 0 Å². The van der Waals surface area contributed by atoms with E-state index in [-0.39, 0.29) is 0 Å². The van der Waals surface area contributed by atoms with Crippen molar-refractivity contribution < 1.29 is 0 Å². The number of hydrogen-bond acceptors (Lipinski definition) is 3. The molecule has 1 fully saturated rings. The van der Waals surface area contributed by atoms with Gasteiger partial charge < -0.3 is 10.5 Å². The van der Waals surface area contributed by atoms with Crippen molar-refractivity contribution in [2.75, 3.05) is 5.09 Å². The molecule has 2 N–H and O–H groups in total. The third-order valence-corrected chi connectivity index (χ3v) is 6.21. The number of hydrogen-bond donors (Lipinski definition) is 2. The molecule has 29 heavy (non-hydrogen) atoms. The van der Waals surface area contributed by atoms with Crippen molar-refractivity contribution in [3.8, 4) is 0 Å². The minimum absolute atomic E-state index is 0.571. The maximum absolute atomic E-state index is 8.64. The molecule has 0 heterocycles. The van der Waals surface area contributed by atoms with E-state index >= 15 is 0 Å². The maximum Gasteiger partial charge on any atom is 0.0781 e. The molecule has 3 aromatic carbocycles. The first-order valence-electron chi connectivity index (χ1n) is 9.77. The van der Waals surface area contributed by atoms with E-state index in [1.165, 1.54) is 12.8 Å². The molecule has 1 saturated carbocycles. The van der Waals surface area contributed by atoms with Gasteiger partial charge in [0.1, 0.15) is 0 Å². The van der Waals surface area contributed by atoms with Crippen LogP contribution in [0.3, 0.4) is 0 Å². The highest BCUT2D eigenvalue weighted by atomic mass is 127. The molecule has 0 spiro atoms. The molecule has 0 amide bonds. The summed E-state index contributed by atoms with van der Waals surface area (Å²) in [5.41, 5.74) is 6.72. The molecule has 1 atom stereocenters. The van der Waals surface area contributed by atoms with Gasteiger partial charge in [-0.05, 0) is 65.4 Å². The van der Waals surface area contributed by atoms with Gasteiger partial charge >= 0.3 is 0 Å². The molecule has 0 bridgehead atoms. The number of aliphatic imine (C=N–C) groups is 1. The number of nitrogens with zero attached hydrogens (tertiary/aromatic N) is 1. The Balaban J connectivity index is 1.76. The monoisotopic (exact) mass is 511 g/mol. The van der Waals surface area contributed by atoms with Crippen molar-refractivity contribution in [2.24, 2.45) is 10.9 Å². The van der Waals surface area contributed by atoms with Crippen LogP contribution in [-0.4, -0.2) is 11.4 Å². The maximum atomic E-state index is 8.64. The van der Waals surface area contributed by atoms with Crippen molar-refractivity contribution >= 4 is 51.2 Å². The molecule has 0 saturated heterocycles. The summed E-state index contributed by atoms with van der Waals surface area (Å²) in [6.45, 7) is 0. The lowest BCUT2D eigenvalue weighted by atomic mass is 10.0. The second-order valence-corrected chi connectivity index (χ2v) is 9.32. The summed E-state index contributed by atoms with van der Waals surface area (Å²) in [6, 6.07) is 26.7. The van der Waals surface area contributed by atoms with Gasteiger partial charge in [0.2, 0.25) is 0 Å². The predicted molar refractivity (Wildman–Crippen MR) is 135 cm³/mol. The molecule has 1 unspecified atom stereocenters. The Morgan fingerprint density at radius 3 is 2.14 bits per heavy atom. The molecule has 146 valence electrons. The highest BCUT2D eigenvalue weighted by Gasteiger charge is 2.24. The van der Waals surface area contributed by atoms with Crippen LogP contribution in [0.4, 0.5) is 11.4 Å². The van der Waals surface area contributed by atoms with E-state index in [4.69, 9.17) is 10.4 Å². The van der Waals surface area contributed by atoms with Gasteiger partial charge in [-0.2, -0.15) is 0 Å². The number of halogens is 1. The molecule has 1 aliphatic rings. The van der Waals surface area contributed by atoms with Crippen LogP contribution >= 0.6 is 28.4 Å². The fourth-order valence-electron chi connectivity index (χ4n) is 3.35. The van der Waals surface area contributed by atoms with Crippen LogP contribution in [-0.2, 0) is 0 Å². The smallest absolute Gasteiger partial charge is 0.0781 e. The summed E-state index contributed by atoms with van der Waals surface area (Å²) < 4.78 is 0. The molecule has 0 aromatic heterocycles. The largest absolute Gasteiger partial charge is 0.358 e. The summed E-state index contributed by atoms with van der Waals surface area (Å²) >= 11 is 2.33. The van der Waals surface area contributed by atoms with Crippen LogP contribution in [0.25, 0.3) is 0 Å². The van der Waals surface area contributed by atoms with Gasteiger partial charge in [0.05, 0.1) is 11.4 Å². The SMILES string of the molecule is N=C(CC1CC1)c1cc(N=C(c2ccccc2)c2ccccc2)ccc1NPI. The van der Waals surface area contributed by atoms with E-state index in [9.17, 15) is 0 Å². The number of anilines is 1. The zero-order valence-electron chi connectivity index (χ0n) is 16.0. The topological polar surface area (TPSA) is 48.2 Å². The molecule has 0 radical (unpaired) electrons. The predicted octanol–water partition coefficient (Wildman–Crippen LogP) is 7.38. The van der Waals surface area contributed by atoms with Crippen molar-refractivity contribution in [2.45, 2.75) is 19.3 Å². The summed E-state index contributed by atoms with van der Waals surface area (Å²) in [5.74, 6) is 0.689. The first-order valence-corrected chi connectivity index (χ1v) is 13.9. The van der Waals surface area contributed by atoms with E-state index in [2.05, 4.69) is 63.5 Å². The molecule has 4 rings (SSSR count). The van der Waals surface area contributed by atoms with E-state index in [1.54, 1.807) is 0 Å². The van der Waals surface area contributed by atoms with Gasteiger partial charge in [0, 0.05) is 34.5 Å². The van der Waals surface area contributed by atoms with Crippen molar-refractivity contribution in [3.63, 3.8) is 0 Å². The fraction of sp³-hybridized carbons (Fsp3) is 0.167. The molecule has 1 aliphatic carbocycles. The molecule has 5 heteroatoms. The quantitative estimate of drug-likeness (QED) is 0.185. The summed E-state index contributed by atoms with van der Waals surface area (Å²) in [7, 11) is 0. The van der Waals surface area contributed by atoms with Crippen molar-refractivity contribution in [1.29, 1.82) is 5.41 Å². The second-order valence-electron chi connectivity index (χ2n) is 7.27. The van der Waals surface area contributed by atoms with E-state index in [1.807, 2.05) is 42.5 Å². The molecule has 0 aliphatic heterocycles. The van der Waals surface area contributed by atoms with Crippen LogP contribution in [0, 0.1) is 11.3 Å². The van der Waals surface area contributed by atoms with E-state index in [0.29, 0.717) is 18.0 Å². The number of nitrogens with one attached hydrogen (secondary N) is 2. The highest BCUT2D eigenvalue weighted by Crippen LogP contribution is 2.36.